The third kappa shape index (κ3) is 5.18. The molecule has 1 fully saturated rings. The summed E-state index contributed by atoms with van der Waals surface area (Å²) in [7, 11) is 1.49. The molecule has 154 valence electrons. The van der Waals surface area contributed by atoms with E-state index < -0.39 is 4.92 Å². The highest BCUT2D eigenvalue weighted by Crippen LogP contribution is 2.32. The molecule has 0 radical (unpaired) electrons. The summed E-state index contributed by atoms with van der Waals surface area (Å²) < 4.78 is 5.98. The third-order valence-corrected chi connectivity index (χ3v) is 5.65. The summed E-state index contributed by atoms with van der Waals surface area (Å²) in [4.78, 5) is 24.8. The maximum absolute atomic E-state index is 11.8. The lowest BCUT2D eigenvalue weighted by Crippen LogP contribution is -2.37. The van der Waals surface area contributed by atoms with Crippen LogP contribution in [0.3, 0.4) is 0 Å². The quantitative estimate of drug-likeness (QED) is 0.532. The standard InChI is InChI=1S/C20H21Cl2N3O4/c1-23-20(26)14-3-5-18(19(11-14)25(27)28)24-8-6-15(7-9-24)29-12-13-2-4-16(21)17(22)10-13/h2-5,10-11,15H,6-9,12H2,1H3,(H,23,26). The van der Waals surface area contributed by atoms with Crippen LogP contribution in [0.1, 0.15) is 28.8 Å². The number of hydrogen-bond acceptors (Lipinski definition) is 5. The number of halogens is 2. The summed E-state index contributed by atoms with van der Waals surface area (Å²) >= 11 is 12.0. The lowest BCUT2D eigenvalue weighted by molar-refractivity contribution is -0.384. The van der Waals surface area contributed by atoms with Gasteiger partial charge in [0.15, 0.2) is 0 Å². The van der Waals surface area contributed by atoms with Crippen LogP contribution in [0, 0.1) is 10.1 Å². The molecular weight excluding hydrogens is 417 g/mol. The molecule has 9 heteroatoms. The Labute approximate surface area is 178 Å². The Morgan fingerprint density at radius 1 is 1.21 bits per heavy atom. The minimum atomic E-state index is -0.450. The van der Waals surface area contributed by atoms with Gasteiger partial charge in [0.1, 0.15) is 5.69 Å². The number of nitrogens with one attached hydrogen (secondary N) is 1. The molecule has 0 unspecified atom stereocenters. The number of carbonyl (C=O) groups excluding carboxylic acids is 1. The molecule has 0 bridgehead atoms. The lowest BCUT2D eigenvalue weighted by atomic mass is 10.1. The normalized spacial score (nSPS) is 14.7. The highest BCUT2D eigenvalue weighted by atomic mass is 35.5. The molecule has 1 heterocycles. The SMILES string of the molecule is CNC(=O)c1ccc(N2CCC(OCc3ccc(Cl)c(Cl)c3)CC2)c([N+](=O)[O-])c1. The number of benzene rings is 2. The summed E-state index contributed by atoms with van der Waals surface area (Å²) in [6.07, 6.45) is 1.55. The van der Waals surface area contributed by atoms with Crippen molar-refractivity contribution in [2.45, 2.75) is 25.6 Å². The van der Waals surface area contributed by atoms with E-state index in [1.807, 2.05) is 11.0 Å². The number of hydrogen-bond donors (Lipinski definition) is 1. The van der Waals surface area contributed by atoms with Crippen molar-refractivity contribution in [2.75, 3.05) is 25.0 Å². The molecule has 1 saturated heterocycles. The predicted octanol–water partition coefficient (Wildman–Crippen LogP) is 4.45. The number of rotatable bonds is 6. The number of anilines is 1. The molecule has 7 nitrogen and oxygen atoms in total. The van der Waals surface area contributed by atoms with Gasteiger partial charge in [0.05, 0.1) is 27.7 Å². The second-order valence-corrected chi connectivity index (χ2v) is 7.60. The van der Waals surface area contributed by atoms with Crippen molar-refractivity contribution < 1.29 is 14.5 Å². The van der Waals surface area contributed by atoms with Gasteiger partial charge in [-0.15, -0.1) is 0 Å². The van der Waals surface area contributed by atoms with Gasteiger partial charge in [-0.25, -0.2) is 0 Å². The Bertz CT molecular complexity index is 915. The number of nitro benzene ring substituents is 1. The van der Waals surface area contributed by atoms with Crippen molar-refractivity contribution in [3.63, 3.8) is 0 Å². The van der Waals surface area contributed by atoms with Crippen LogP contribution in [0.4, 0.5) is 11.4 Å². The van der Waals surface area contributed by atoms with Gasteiger partial charge in [-0.3, -0.25) is 14.9 Å². The average Bonchev–Trinajstić information content (AvgIpc) is 2.74. The van der Waals surface area contributed by atoms with Crippen LogP contribution in [0.5, 0.6) is 0 Å². The topological polar surface area (TPSA) is 84.7 Å². The first-order valence-electron chi connectivity index (χ1n) is 9.20. The van der Waals surface area contributed by atoms with Gasteiger partial charge in [0, 0.05) is 31.8 Å². The van der Waals surface area contributed by atoms with Crippen molar-refractivity contribution in [2.24, 2.45) is 0 Å². The largest absolute Gasteiger partial charge is 0.373 e. The Kier molecular flexibility index (Phi) is 6.95. The Hall–Kier alpha value is -2.35. The second kappa shape index (κ2) is 9.43. The van der Waals surface area contributed by atoms with Gasteiger partial charge < -0.3 is 15.0 Å². The van der Waals surface area contributed by atoms with E-state index >= 15 is 0 Å². The van der Waals surface area contributed by atoms with Crippen LogP contribution in [0.15, 0.2) is 36.4 Å². The second-order valence-electron chi connectivity index (χ2n) is 6.79. The lowest BCUT2D eigenvalue weighted by Gasteiger charge is -2.33. The van der Waals surface area contributed by atoms with Crippen LogP contribution < -0.4 is 10.2 Å². The predicted molar refractivity (Wildman–Crippen MR) is 113 cm³/mol. The van der Waals surface area contributed by atoms with E-state index in [-0.39, 0.29) is 23.3 Å². The zero-order valence-electron chi connectivity index (χ0n) is 15.9. The number of piperidine rings is 1. The average molecular weight is 438 g/mol. The maximum atomic E-state index is 11.8. The van der Waals surface area contributed by atoms with Gasteiger partial charge >= 0.3 is 0 Å². The first-order chi connectivity index (χ1) is 13.9. The van der Waals surface area contributed by atoms with Crippen molar-refractivity contribution in [1.82, 2.24) is 5.32 Å². The highest BCUT2D eigenvalue weighted by Gasteiger charge is 2.26. The smallest absolute Gasteiger partial charge is 0.293 e. The van der Waals surface area contributed by atoms with Crippen LogP contribution in [-0.4, -0.2) is 37.1 Å². The van der Waals surface area contributed by atoms with E-state index in [0.29, 0.717) is 35.4 Å². The fourth-order valence-corrected chi connectivity index (χ4v) is 3.65. The maximum Gasteiger partial charge on any atom is 0.293 e. The zero-order chi connectivity index (χ0) is 21.0. The van der Waals surface area contributed by atoms with E-state index in [2.05, 4.69) is 5.32 Å². The fraction of sp³-hybridized carbons (Fsp3) is 0.350. The molecule has 0 aromatic heterocycles. The number of nitro groups is 1. The van der Waals surface area contributed by atoms with Crippen LogP contribution in [-0.2, 0) is 11.3 Å². The molecule has 29 heavy (non-hydrogen) atoms. The fourth-order valence-electron chi connectivity index (χ4n) is 3.33. The van der Waals surface area contributed by atoms with Crippen molar-refractivity contribution in [3.05, 3.63) is 67.7 Å². The monoisotopic (exact) mass is 437 g/mol. The summed E-state index contributed by atoms with van der Waals surface area (Å²) in [5.41, 5.74) is 1.66. The van der Waals surface area contributed by atoms with Gasteiger partial charge in [-0.05, 0) is 42.7 Å². The molecule has 0 saturated carbocycles. The van der Waals surface area contributed by atoms with E-state index in [4.69, 9.17) is 27.9 Å². The molecule has 2 aromatic carbocycles. The first-order valence-corrected chi connectivity index (χ1v) is 9.95. The molecule has 2 aromatic rings. The van der Waals surface area contributed by atoms with E-state index in [9.17, 15) is 14.9 Å². The first kappa shape index (κ1) is 21.4. The Balaban J connectivity index is 1.62. The molecule has 3 rings (SSSR count). The molecule has 0 spiro atoms. The number of nitrogens with zero attached hydrogens (tertiary/aromatic N) is 2. The third-order valence-electron chi connectivity index (χ3n) is 4.91. The van der Waals surface area contributed by atoms with Crippen LogP contribution in [0.25, 0.3) is 0 Å². The summed E-state index contributed by atoms with van der Waals surface area (Å²) in [5.74, 6) is -0.353. The number of ether oxygens (including phenoxy) is 1. The zero-order valence-corrected chi connectivity index (χ0v) is 17.4. The molecule has 1 amide bonds. The van der Waals surface area contributed by atoms with E-state index in [1.165, 1.54) is 13.1 Å². The Morgan fingerprint density at radius 3 is 2.55 bits per heavy atom. The molecular formula is C20H21Cl2N3O4. The molecule has 1 aliphatic rings. The van der Waals surface area contributed by atoms with Crippen LogP contribution >= 0.6 is 23.2 Å². The molecule has 1 aliphatic heterocycles. The minimum absolute atomic E-state index is 0.0601. The minimum Gasteiger partial charge on any atom is -0.373 e. The number of amides is 1. The molecule has 1 N–H and O–H groups in total. The van der Waals surface area contributed by atoms with Crippen molar-refractivity contribution in [3.8, 4) is 0 Å². The number of carbonyl (C=O) groups is 1. The Morgan fingerprint density at radius 2 is 1.93 bits per heavy atom. The van der Waals surface area contributed by atoms with E-state index in [0.717, 1.165) is 18.4 Å². The summed E-state index contributed by atoms with van der Waals surface area (Å²) in [6.45, 7) is 1.70. The molecule has 0 aliphatic carbocycles. The van der Waals surface area contributed by atoms with Crippen molar-refractivity contribution >= 4 is 40.5 Å². The molecule has 0 atom stereocenters. The van der Waals surface area contributed by atoms with Gasteiger partial charge in [0.2, 0.25) is 0 Å². The van der Waals surface area contributed by atoms with Crippen molar-refractivity contribution in [1.29, 1.82) is 0 Å². The summed E-state index contributed by atoms with van der Waals surface area (Å²) in [5, 5.41) is 15.0. The summed E-state index contributed by atoms with van der Waals surface area (Å²) in [6, 6.07) is 9.97. The van der Waals surface area contributed by atoms with E-state index in [1.54, 1.807) is 24.3 Å². The van der Waals surface area contributed by atoms with Gasteiger partial charge in [-0.2, -0.15) is 0 Å². The van der Waals surface area contributed by atoms with Gasteiger partial charge in [0.25, 0.3) is 11.6 Å². The van der Waals surface area contributed by atoms with Crippen LogP contribution in [0.2, 0.25) is 10.0 Å². The highest BCUT2D eigenvalue weighted by molar-refractivity contribution is 6.42. The van der Waals surface area contributed by atoms with Gasteiger partial charge in [-0.1, -0.05) is 29.3 Å².